The van der Waals surface area contributed by atoms with E-state index in [0.29, 0.717) is 10.7 Å². The van der Waals surface area contributed by atoms with E-state index in [1.165, 1.54) is 35.2 Å². The second-order valence-corrected chi connectivity index (χ2v) is 9.03. The van der Waals surface area contributed by atoms with Gasteiger partial charge in [-0.05, 0) is 37.3 Å². The van der Waals surface area contributed by atoms with Gasteiger partial charge in [-0.1, -0.05) is 36.0 Å². The molecule has 34 heavy (non-hydrogen) atoms. The number of hydrogen-bond acceptors (Lipinski definition) is 9. The van der Waals surface area contributed by atoms with Gasteiger partial charge in [0.15, 0.2) is 0 Å². The Morgan fingerprint density at radius 3 is 2.71 bits per heavy atom. The van der Waals surface area contributed by atoms with Crippen LogP contribution in [0.5, 0.6) is 5.75 Å². The maximum Gasteiger partial charge on any atom is 0.292 e. The van der Waals surface area contributed by atoms with Crippen LogP contribution in [0.25, 0.3) is 21.1 Å². The van der Waals surface area contributed by atoms with Crippen molar-refractivity contribution in [3.8, 4) is 26.9 Å². The normalized spacial score (nSPS) is 10.6. The first-order chi connectivity index (χ1) is 16.4. The lowest BCUT2D eigenvalue weighted by molar-refractivity contribution is -0.383. The van der Waals surface area contributed by atoms with Crippen molar-refractivity contribution in [3.63, 3.8) is 0 Å². The number of carbonyl (C=O) groups is 1. The molecule has 0 aliphatic rings. The first kappa shape index (κ1) is 23.3. The van der Waals surface area contributed by atoms with E-state index in [2.05, 4.69) is 20.5 Å². The minimum atomic E-state index is -0.534. The van der Waals surface area contributed by atoms with Crippen molar-refractivity contribution in [1.82, 2.24) is 15.2 Å². The zero-order chi connectivity index (χ0) is 24.1. The summed E-state index contributed by atoms with van der Waals surface area (Å²) >= 11 is 2.71. The number of para-hydroxylation sites is 2. The quantitative estimate of drug-likeness (QED) is 0.201. The van der Waals surface area contributed by atoms with Gasteiger partial charge in [0.25, 0.3) is 5.69 Å². The van der Waals surface area contributed by atoms with Crippen molar-refractivity contribution in [3.05, 3.63) is 76.5 Å². The number of hydrogen-bond donors (Lipinski definition) is 1. The molecule has 4 aromatic rings. The van der Waals surface area contributed by atoms with E-state index in [1.807, 2.05) is 37.3 Å². The second-order valence-electron chi connectivity index (χ2n) is 7.03. The third-order valence-electron chi connectivity index (χ3n) is 4.71. The predicted octanol–water partition coefficient (Wildman–Crippen LogP) is 5.22. The molecule has 9 nitrogen and oxygen atoms in total. The molecule has 0 spiro atoms. The van der Waals surface area contributed by atoms with Crippen LogP contribution in [0.3, 0.4) is 0 Å². The van der Waals surface area contributed by atoms with E-state index >= 15 is 0 Å². The number of nitro groups is 1. The zero-order valence-electron chi connectivity index (χ0n) is 18.2. The molecule has 2 aromatic carbocycles. The Morgan fingerprint density at radius 2 is 1.97 bits per heavy atom. The van der Waals surface area contributed by atoms with Crippen molar-refractivity contribution < 1.29 is 14.5 Å². The summed E-state index contributed by atoms with van der Waals surface area (Å²) in [5.74, 6) is 0.435. The molecule has 0 saturated heterocycles. The molecule has 0 aliphatic carbocycles. The molecule has 1 N–H and O–H groups in total. The van der Waals surface area contributed by atoms with Crippen LogP contribution in [-0.4, -0.2) is 38.9 Å². The lowest BCUT2D eigenvalue weighted by Crippen LogP contribution is -2.15. The third-order valence-corrected chi connectivity index (χ3v) is 6.86. The van der Waals surface area contributed by atoms with Gasteiger partial charge in [0.2, 0.25) is 5.91 Å². The van der Waals surface area contributed by atoms with E-state index in [1.54, 1.807) is 25.3 Å². The smallest absolute Gasteiger partial charge is 0.292 e. The average Bonchev–Trinajstić information content (AvgIpc) is 3.25. The SMILES string of the molecule is COc1cccc(-c2nc(C)c(-c3ccc(SCC(=O)Nc4ccccc4[N+](=O)[O-])nn3)s2)c1. The lowest BCUT2D eigenvalue weighted by atomic mass is 10.2. The number of aryl methyl sites for hydroxylation is 1. The Bertz CT molecular complexity index is 1340. The van der Waals surface area contributed by atoms with E-state index in [0.717, 1.165) is 26.9 Å². The number of rotatable bonds is 8. The van der Waals surface area contributed by atoms with Gasteiger partial charge in [-0.3, -0.25) is 14.9 Å². The van der Waals surface area contributed by atoms with Crippen LogP contribution >= 0.6 is 23.1 Å². The molecule has 172 valence electrons. The van der Waals surface area contributed by atoms with E-state index in [-0.39, 0.29) is 23.0 Å². The number of nitro benzene ring substituents is 1. The minimum absolute atomic E-state index is 0.0413. The fraction of sp³-hybridized carbons (Fsp3) is 0.130. The number of thiazole rings is 1. The first-order valence-electron chi connectivity index (χ1n) is 10.1. The van der Waals surface area contributed by atoms with Crippen molar-refractivity contribution in [2.45, 2.75) is 11.9 Å². The van der Waals surface area contributed by atoms with Crippen LogP contribution in [0.15, 0.2) is 65.7 Å². The molecule has 0 atom stereocenters. The molecule has 0 unspecified atom stereocenters. The number of ether oxygens (including phenoxy) is 1. The molecule has 0 saturated carbocycles. The molecule has 2 aromatic heterocycles. The van der Waals surface area contributed by atoms with Gasteiger partial charge >= 0.3 is 0 Å². The molecule has 0 fully saturated rings. The largest absolute Gasteiger partial charge is 0.497 e. The molecule has 1 amide bonds. The Hall–Kier alpha value is -3.83. The number of methoxy groups -OCH3 is 1. The van der Waals surface area contributed by atoms with Crippen LogP contribution < -0.4 is 10.1 Å². The summed E-state index contributed by atoms with van der Waals surface area (Å²) in [6.45, 7) is 1.92. The summed E-state index contributed by atoms with van der Waals surface area (Å²) in [5.41, 5.74) is 2.51. The summed E-state index contributed by atoms with van der Waals surface area (Å²) in [4.78, 5) is 28.4. The highest BCUT2D eigenvalue weighted by molar-refractivity contribution is 7.99. The molecule has 0 aliphatic heterocycles. The van der Waals surface area contributed by atoms with Gasteiger partial charge in [0, 0.05) is 11.6 Å². The highest BCUT2D eigenvalue weighted by Crippen LogP contribution is 2.35. The lowest BCUT2D eigenvalue weighted by Gasteiger charge is -2.05. The summed E-state index contributed by atoms with van der Waals surface area (Å²) in [6.07, 6.45) is 0. The topological polar surface area (TPSA) is 120 Å². The molecule has 2 heterocycles. The Labute approximate surface area is 203 Å². The standard InChI is InChI=1S/C23H19N5O4S2/c1-14-22(34-23(24-14)15-6-5-7-16(12-15)32-2)18-10-11-21(27-26-18)33-13-20(29)25-17-8-3-4-9-19(17)28(30)31/h3-12H,13H2,1-2H3,(H,25,29). The van der Waals surface area contributed by atoms with E-state index in [4.69, 9.17) is 4.74 Å². The van der Waals surface area contributed by atoms with Crippen LogP contribution in [-0.2, 0) is 4.79 Å². The van der Waals surface area contributed by atoms with Gasteiger partial charge in [-0.2, -0.15) is 0 Å². The van der Waals surface area contributed by atoms with Crippen molar-refractivity contribution in [2.24, 2.45) is 0 Å². The summed E-state index contributed by atoms with van der Waals surface area (Å²) in [6, 6.07) is 17.3. The first-order valence-corrected chi connectivity index (χ1v) is 11.9. The van der Waals surface area contributed by atoms with Crippen molar-refractivity contribution in [2.75, 3.05) is 18.2 Å². The van der Waals surface area contributed by atoms with Crippen LogP contribution in [0.4, 0.5) is 11.4 Å². The Kier molecular flexibility index (Phi) is 7.14. The van der Waals surface area contributed by atoms with E-state index in [9.17, 15) is 14.9 Å². The third kappa shape index (κ3) is 5.38. The van der Waals surface area contributed by atoms with Gasteiger partial charge in [-0.25, -0.2) is 4.98 Å². The fourth-order valence-corrected chi connectivity index (χ4v) is 4.74. The number of carbonyl (C=O) groups excluding carboxylic acids is 1. The number of benzene rings is 2. The van der Waals surface area contributed by atoms with Gasteiger partial charge < -0.3 is 10.1 Å². The fourth-order valence-electron chi connectivity index (χ4n) is 3.10. The van der Waals surface area contributed by atoms with Crippen LogP contribution in [0.2, 0.25) is 0 Å². The molecular formula is C23H19N5O4S2. The monoisotopic (exact) mass is 493 g/mol. The predicted molar refractivity (Wildman–Crippen MR) is 132 cm³/mol. The van der Waals surface area contributed by atoms with Gasteiger partial charge in [-0.15, -0.1) is 21.5 Å². The summed E-state index contributed by atoms with van der Waals surface area (Å²) < 4.78 is 5.29. The Balaban J connectivity index is 1.41. The zero-order valence-corrected chi connectivity index (χ0v) is 19.9. The molecule has 4 rings (SSSR count). The van der Waals surface area contributed by atoms with Gasteiger partial charge in [0.05, 0.1) is 28.4 Å². The Morgan fingerprint density at radius 1 is 1.15 bits per heavy atom. The maximum absolute atomic E-state index is 12.3. The highest BCUT2D eigenvalue weighted by atomic mass is 32.2. The average molecular weight is 494 g/mol. The van der Waals surface area contributed by atoms with Crippen molar-refractivity contribution in [1.29, 1.82) is 0 Å². The molecule has 0 bridgehead atoms. The number of anilines is 1. The summed E-state index contributed by atoms with van der Waals surface area (Å²) in [5, 5.41) is 23.6. The van der Waals surface area contributed by atoms with Crippen LogP contribution in [0, 0.1) is 17.0 Å². The van der Waals surface area contributed by atoms with Crippen LogP contribution in [0.1, 0.15) is 5.69 Å². The number of nitrogens with zero attached hydrogens (tertiary/aromatic N) is 4. The van der Waals surface area contributed by atoms with Crippen molar-refractivity contribution >= 4 is 40.4 Å². The maximum atomic E-state index is 12.3. The summed E-state index contributed by atoms with van der Waals surface area (Å²) in [7, 11) is 1.63. The number of amides is 1. The minimum Gasteiger partial charge on any atom is -0.497 e. The number of aromatic nitrogens is 3. The molecular weight excluding hydrogens is 474 g/mol. The number of nitrogens with one attached hydrogen (secondary N) is 1. The second kappa shape index (κ2) is 10.4. The van der Waals surface area contributed by atoms with E-state index < -0.39 is 4.92 Å². The number of thioether (sulfide) groups is 1. The molecule has 0 radical (unpaired) electrons. The highest BCUT2D eigenvalue weighted by Gasteiger charge is 2.16. The van der Waals surface area contributed by atoms with Gasteiger partial charge in [0.1, 0.15) is 27.2 Å². The molecule has 11 heteroatoms.